The van der Waals surface area contributed by atoms with Crippen LogP contribution in [0.5, 0.6) is 0 Å². The summed E-state index contributed by atoms with van der Waals surface area (Å²) >= 11 is 0. The summed E-state index contributed by atoms with van der Waals surface area (Å²) < 4.78 is 0.824. The standard InChI is InChI=1S/C9H7N3O3/c13-8(14)5-12-9(15)6-3-1-2-4-7(6)10-11-12/h1-4H,5H2,(H,13,14). The molecule has 0 aliphatic carbocycles. The van der Waals surface area contributed by atoms with E-state index in [9.17, 15) is 9.59 Å². The highest BCUT2D eigenvalue weighted by Gasteiger charge is 2.07. The molecule has 2 rings (SSSR count). The van der Waals surface area contributed by atoms with E-state index in [-0.39, 0.29) is 0 Å². The Hall–Kier alpha value is -2.24. The van der Waals surface area contributed by atoms with Crippen molar-refractivity contribution in [3.63, 3.8) is 0 Å². The highest BCUT2D eigenvalue weighted by atomic mass is 16.4. The molecule has 0 amide bonds. The maximum absolute atomic E-state index is 11.7. The largest absolute Gasteiger partial charge is 0.480 e. The number of carboxylic acids is 1. The van der Waals surface area contributed by atoms with Crippen molar-refractivity contribution in [3.05, 3.63) is 34.6 Å². The Morgan fingerprint density at radius 2 is 2.13 bits per heavy atom. The number of carbonyl (C=O) groups is 1. The first-order chi connectivity index (χ1) is 7.18. The van der Waals surface area contributed by atoms with Crippen LogP contribution in [0.2, 0.25) is 0 Å². The number of fused-ring (bicyclic) bond motifs is 1. The monoisotopic (exact) mass is 205 g/mol. The maximum Gasteiger partial charge on any atom is 0.325 e. The summed E-state index contributed by atoms with van der Waals surface area (Å²) in [6.07, 6.45) is 0. The van der Waals surface area contributed by atoms with Crippen molar-refractivity contribution < 1.29 is 9.90 Å². The topological polar surface area (TPSA) is 85.1 Å². The van der Waals surface area contributed by atoms with E-state index in [2.05, 4.69) is 10.3 Å². The molecule has 0 saturated heterocycles. The van der Waals surface area contributed by atoms with Crippen molar-refractivity contribution in [2.45, 2.75) is 6.54 Å². The summed E-state index contributed by atoms with van der Waals surface area (Å²) in [5, 5.41) is 16.2. The lowest BCUT2D eigenvalue weighted by atomic mass is 10.2. The van der Waals surface area contributed by atoms with Crippen LogP contribution in [-0.4, -0.2) is 26.1 Å². The maximum atomic E-state index is 11.7. The number of aromatic nitrogens is 3. The minimum atomic E-state index is -1.12. The normalized spacial score (nSPS) is 10.4. The van der Waals surface area contributed by atoms with Gasteiger partial charge in [-0.2, -0.15) is 4.68 Å². The van der Waals surface area contributed by atoms with Crippen LogP contribution >= 0.6 is 0 Å². The molecule has 15 heavy (non-hydrogen) atoms. The van der Waals surface area contributed by atoms with Crippen LogP contribution in [0.1, 0.15) is 0 Å². The second kappa shape index (κ2) is 3.49. The van der Waals surface area contributed by atoms with E-state index in [0.29, 0.717) is 10.9 Å². The molecule has 1 aromatic carbocycles. The SMILES string of the molecule is O=C(O)Cn1nnc2ccccc2c1=O. The van der Waals surface area contributed by atoms with Crippen LogP contribution in [0.15, 0.2) is 29.1 Å². The van der Waals surface area contributed by atoms with Gasteiger partial charge in [0.1, 0.15) is 12.1 Å². The van der Waals surface area contributed by atoms with Gasteiger partial charge in [-0.3, -0.25) is 9.59 Å². The fourth-order valence-electron chi connectivity index (χ4n) is 1.26. The molecule has 0 radical (unpaired) electrons. The van der Waals surface area contributed by atoms with Gasteiger partial charge in [0.25, 0.3) is 5.56 Å². The molecule has 0 fully saturated rings. The van der Waals surface area contributed by atoms with Crippen LogP contribution < -0.4 is 5.56 Å². The average Bonchev–Trinajstić information content (AvgIpc) is 2.22. The van der Waals surface area contributed by atoms with Crippen molar-refractivity contribution in [1.82, 2.24) is 15.0 Å². The number of aliphatic carboxylic acids is 1. The summed E-state index contributed by atoms with van der Waals surface area (Å²) in [5.74, 6) is -1.12. The van der Waals surface area contributed by atoms with Gasteiger partial charge in [0.15, 0.2) is 0 Å². The van der Waals surface area contributed by atoms with Crippen LogP contribution in [0.25, 0.3) is 10.9 Å². The zero-order valence-corrected chi connectivity index (χ0v) is 7.62. The van der Waals surface area contributed by atoms with E-state index in [1.807, 2.05) is 0 Å². The van der Waals surface area contributed by atoms with E-state index in [1.54, 1.807) is 24.3 Å². The van der Waals surface area contributed by atoms with E-state index in [4.69, 9.17) is 5.11 Å². The predicted octanol–water partition coefficient (Wildman–Crippen LogP) is -0.124. The molecule has 76 valence electrons. The highest BCUT2D eigenvalue weighted by molar-refractivity contribution is 5.76. The van der Waals surface area contributed by atoms with Crippen molar-refractivity contribution in [2.75, 3.05) is 0 Å². The van der Waals surface area contributed by atoms with Gasteiger partial charge in [-0.25, -0.2) is 0 Å². The first kappa shape index (κ1) is 9.32. The van der Waals surface area contributed by atoms with Crippen molar-refractivity contribution >= 4 is 16.9 Å². The Kier molecular flexibility index (Phi) is 2.17. The molecule has 0 unspecified atom stereocenters. The molecule has 1 heterocycles. The van der Waals surface area contributed by atoms with E-state index >= 15 is 0 Å². The van der Waals surface area contributed by atoms with Gasteiger partial charge >= 0.3 is 5.97 Å². The third-order valence-corrected chi connectivity index (χ3v) is 1.91. The Morgan fingerprint density at radius 3 is 2.87 bits per heavy atom. The number of hydrogen-bond donors (Lipinski definition) is 1. The van der Waals surface area contributed by atoms with Gasteiger partial charge in [-0.1, -0.05) is 17.3 Å². The Balaban J connectivity index is 2.65. The lowest BCUT2D eigenvalue weighted by Gasteiger charge is -2.00. The van der Waals surface area contributed by atoms with Gasteiger partial charge in [-0.05, 0) is 12.1 Å². The zero-order valence-electron chi connectivity index (χ0n) is 7.62. The average molecular weight is 205 g/mol. The lowest BCUT2D eigenvalue weighted by Crippen LogP contribution is -2.27. The molecule has 6 heteroatoms. The number of carboxylic acid groups (broad SMARTS) is 1. The summed E-state index contributed by atoms with van der Waals surface area (Å²) in [6, 6.07) is 6.66. The third kappa shape index (κ3) is 1.69. The minimum Gasteiger partial charge on any atom is -0.480 e. The van der Waals surface area contributed by atoms with Crippen LogP contribution in [0, 0.1) is 0 Å². The van der Waals surface area contributed by atoms with Crippen LogP contribution in [0.4, 0.5) is 0 Å². The van der Waals surface area contributed by atoms with E-state index < -0.39 is 18.1 Å². The molecule has 2 aromatic rings. The molecular formula is C9H7N3O3. The lowest BCUT2D eigenvalue weighted by molar-refractivity contribution is -0.138. The van der Waals surface area contributed by atoms with Gasteiger partial charge < -0.3 is 5.11 Å². The summed E-state index contributed by atoms with van der Waals surface area (Å²) in [7, 11) is 0. The number of benzene rings is 1. The molecule has 1 N–H and O–H groups in total. The summed E-state index contributed by atoms with van der Waals surface area (Å²) in [5.41, 5.74) is 0.0205. The number of nitrogens with zero attached hydrogens (tertiary/aromatic N) is 3. The second-order valence-electron chi connectivity index (χ2n) is 2.96. The fourth-order valence-corrected chi connectivity index (χ4v) is 1.26. The molecule has 0 atom stereocenters. The van der Waals surface area contributed by atoms with E-state index in [0.717, 1.165) is 4.68 Å². The molecule has 1 aromatic heterocycles. The van der Waals surface area contributed by atoms with Crippen molar-refractivity contribution in [3.8, 4) is 0 Å². The fraction of sp³-hybridized carbons (Fsp3) is 0.111. The Labute approximate surface area is 83.8 Å². The molecule has 6 nitrogen and oxygen atoms in total. The third-order valence-electron chi connectivity index (χ3n) is 1.91. The molecular weight excluding hydrogens is 198 g/mol. The smallest absolute Gasteiger partial charge is 0.325 e. The van der Waals surface area contributed by atoms with Gasteiger partial charge in [0.05, 0.1) is 5.39 Å². The summed E-state index contributed by atoms with van der Waals surface area (Å²) in [4.78, 5) is 22.1. The molecule has 0 spiro atoms. The number of hydrogen-bond acceptors (Lipinski definition) is 4. The number of rotatable bonds is 2. The quantitative estimate of drug-likeness (QED) is 0.738. The minimum absolute atomic E-state index is 0.369. The predicted molar refractivity (Wildman–Crippen MR) is 51.4 cm³/mol. The first-order valence-corrected chi connectivity index (χ1v) is 4.23. The molecule has 0 saturated carbocycles. The first-order valence-electron chi connectivity index (χ1n) is 4.23. The molecule has 0 bridgehead atoms. The van der Waals surface area contributed by atoms with Crippen molar-refractivity contribution in [1.29, 1.82) is 0 Å². The van der Waals surface area contributed by atoms with Crippen molar-refractivity contribution in [2.24, 2.45) is 0 Å². The van der Waals surface area contributed by atoms with Gasteiger partial charge in [-0.15, -0.1) is 5.10 Å². The van der Waals surface area contributed by atoms with Crippen LogP contribution in [-0.2, 0) is 11.3 Å². The van der Waals surface area contributed by atoms with Gasteiger partial charge in [0.2, 0.25) is 0 Å². The van der Waals surface area contributed by atoms with E-state index in [1.165, 1.54) is 0 Å². The van der Waals surface area contributed by atoms with Gasteiger partial charge in [0, 0.05) is 0 Å². The molecule has 0 aliphatic heterocycles. The highest BCUT2D eigenvalue weighted by Crippen LogP contribution is 2.02. The molecule has 0 aliphatic rings. The van der Waals surface area contributed by atoms with Crippen LogP contribution in [0.3, 0.4) is 0 Å². The Bertz CT molecular complexity index is 576. The summed E-state index contributed by atoms with van der Waals surface area (Å²) in [6.45, 7) is -0.476. The Morgan fingerprint density at radius 1 is 1.40 bits per heavy atom. The zero-order chi connectivity index (χ0) is 10.8. The second-order valence-corrected chi connectivity index (χ2v) is 2.96.